The van der Waals surface area contributed by atoms with Crippen molar-refractivity contribution in [3.8, 4) is 0 Å². The molecule has 0 aliphatic carbocycles. The van der Waals surface area contributed by atoms with Crippen molar-refractivity contribution in [2.24, 2.45) is 0 Å². The molecule has 0 aromatic heterocycles. The summed E-state index contributed by atoms with van der Waals surface area (Å²) >= 11 is 0. The second-order valence-corrected chi connectivity index (χ2v) is 6.80. The lowest BCUT2D eigenvalue weighted by Gasteiger charge is -2.31. The van der Waals surface area contributed by atoms with E-state index in [4.69, 9.17) is 9.59 Å². The molecule has 0 saturated carbocycles. The molecule has 0 heterocycles. The Hall–Kier alpha value is -0.510. The van der Waals surface area contributed by atoms with Gasteiger partial charge < -0.3 is 0 Å². The highest BCUT2D eigenvalue weighted by molar-refractivity contribution is 7.84. The van der Waals surface area contributed by atoms with Crippen LogP contribution in [0.25, 0.3) is 0 Å². The lowest BCUT2D eigenvalue weighted by atomic mass is 9.98. The molecule has 0 radical (unpaired) electrons. The number of rotatable bonds is 4. The Bertz CT molecular complexity index is 248. The molecule has 0 rings (SSSR count). The van der Waals surface area contributed by atoms with Gasteiger partial charge in [0.2, 0.25) is 0 Å². The van der Waals surface area contributed by atoms with Crippen molar-refractivity contribution in [2.75, 3.05) is 0 Å². The van der Waals surface area contributed by atoms with E-state index >= 15 is 0 Å². The zero-order valence-corrected chi connectivity index (χ0v) is 11.9. The third-order valence-corrected chi connectivity index (χ3v) is 4.25. The standard InChI is InChI=1S/C10H23NOS.CO2/c1-7-10(6,8-2)11-13(12)9(3,4)5;2-1-3/h11H,7-8H2,1-6H3;. The largest absolute Gasteiger partial charge is 0.373 e. The highest BCUT2D eigenvalue weighted by Crippen LogP contribution is 2.18. The lowest BCUT2D eigenvalue weighted by molar-refractivity contribution is -0.191. The molecule has 5 heteroatoms. The predicted molar refractivity (Wildman–Crippen MR) is 65.0 cm³/mol. The molecule has 0 fully saturated rings. The average molecular weight is 249 g/mol. The maximum atomic E-state index is 11.8. The van der Waals surface area contributed by atoms with Gasteiger partial charge in [-0.05, 0) is 40.5 Å². The van der Waals surface area contributed by atoms with Crippen LogP contribution in [0.15, 0.2) is 0 Å². The van der Waals surface area contributed by atoms with Gasteiger partial charge in [0.25, 0.3) is 0 Å². The first-order valence-electron chi connectivity index (χ1n) is 5.35. The van der Waals surface area contributed by atoms with Gasteiger partial charge in [0, 0.05) is 5.54 Å². The highest BCUT2D eigenvalue weighted by Gasteiger charge is 2.27. The van der Waals surface area contributed by atoms with Gasteiger partial charge in [-0.25, -0.2) is 8.93 Å². The second kappa shape index (κ2) is 7.71. The van der Waals surface area contributed by atoms with E-state index in [1.54, 1.807) is 0 Å². The van der Waals surface area contributed by atoms with E-state index in [9.17, 15) is 4.21 Å². The molecule has 0 spiro atoms. The fraction of sp³-hybridized carbons (Fsp3) is 0.909. The van der Waals surface area contributed by atoms with Crippen molar-refractivity contribution >= 4 is 17.1 Å². The molecule has 0 aromatic carbocycles. The van der Waals surface area contributed by atoms with E-state index < -0.39 is 11.0 Å². The number of nitrogens with one attached hydrogen (secondary N) is 1. The van der Waals surface area contributed by atoms with Gasteiger partial charge in [0.1, 0.15) is 0 Å². The summed E-state index contributed by atoms with van der Waals surface area (Å²) in [6.07, 6.45) is 2.26. The predicted octanol–water partition coefficient (Wildman–Crippen LogP) is 2.03. The smallest absolute Gasteiger partial charge is 0.242 e. The van der Waals surface area contributed by atoms with Crippen molar-refractivity contribution in [1.29, 1.82) is 0 Å². The van der Waals surface area contributed by atoms with Crippen LogP contribution >= 0.6 is 0 Å². The zero-order valence-electron chi connectivity index (χ0n) is 11.0. The minimum absolute atomic E-state index is 0.0120. The fourth-order valence-corrected chi connectivity index (χ4v) is 1.81. The molecule has 0 aliphatic heterocycles. The van der Waals surface area contributed by atoms with Gasteiger partial charge in [0.15, 0.2) is 0 Å². The van der Waals surface area contributed by atoms with E-state index in [1.807, 2.05) is 20.8 Å². The number of carbonyl (C=O) groups excluding carboxylic acids is 2. The van der Waals surface area contributed by atoms with Crippen LogP contribution in [0.1, 0.15) is 54.4 Å². The Morgan fingerprint density at radius 2 is 1.38 bits per heavy atom. The summed E-state index contributed by atoms with van der Waals surface area (Å²) in [5.41, 5.74) is 0.0120. The van der Waals surface area contributed by atoms with Gasteiger partial charge in [-0.1, -0.05) is 13.8 Å². The Labute approximate surface area is 101 Å². The lowest BCUT2D eigenvalue weighted by Crippen LogP contribution is -2.47. The molecular formula is C11H23NO3S. The van der Waals surface area contributed by atoms with E-state index in [0.717, 1.165) is 12.8 Å². The molecule has 1 N–H and O–H groups in total. The maximum Gasteiger partial charge on any atom is 0.373 e. The Morgan fingerprint density at radius 1 is 1.06 bits per heavy atom. The van der Waals surface area contributed by atoms with E-state index in [-0.39, 0.29) is 16.4 Å². The third-order valence-electron chi connectivity index (χ3n) is 2.46. The second-order valence-electron chi connectivity index (χ2n) is 4.83. The van der Waals surface area contributed by atoms with Gasteiger partial charge in [-0.15, -0.1) is 0 Å². The maximum absolute atomic E-state index is 11.8. The summed E-state index contributed by atoms with van der Waals surface area (Å²) in [6.45, 7) is 12.3. The van der Waals surface area contributed by atoms with Crippen LogP contribution in [-0.2, 0) is 20.6 Å². The van der Waals surface area contributed by atoms with Gasteiger partial charge in [-0.3, -0.25) is 0 Å². The SMILES string of the molecule is CCC(C)(CC)NS(=O)C(C)(C)C.O=C=O. The molecule has 4 nitrogen and oxygen atoms in total. The van der Waals surface area contributed by atoms with Crippen LogP contribution in [0, 0.1) is 0 Å². The molecule has 16 heavy (non-hydrogen) atoms. The quantitative estimate of drug-likeness (QED) is 0.829. The van der Waals surface area contributed by atoms with Crippen molar-refractivity contribution in [3.63, 3.8) is 0 Å². The average Bonchev–Trinajstić information content (AvgIpc) is 2.17. The summed E-state index contributed by atoms with van der Waals surface area (Å²) < 4.78 is 14.8. The minimum atomic E-state index is -0.957. The molecule has 96 valence electrons. The summed E-state index contributed by atoms with van der Waals surface area (Å²) in [5.74, 6) is 0. The highest BCUT2D eigenvalue weighted by atomic mass is 32.2. The number of hydrogen-bond donors (Lipinski definition) is 1. The summed E-state index contributed by atoms with van der Waals surface area (Å²) in [4.78, 5) is 16.2. The Kier molecular flexibility index (Phi) is 8.62. The molecule has 0 saturated heterocycles. The van der Waals surface area contributed by atoms with E-state index in [0.29, 0.717) is 0 Å². The zero-order chi connectivity index (χ0) is 13.4. The summed E-state index contributed by atoms with van der Waals surface area (Å²) in [6, 6.07) is 0. The summed E-state index contributed by atoms with van der Waals surface area (Å²) in [5, 5.41) is 0. The molecular weight excluding hydrogens is 226 g/mol. The van der Waals surface area contributed by atoms with Crippen LogP contribution in [0.3, 0.4) is 0 Å². The first-order chi connectivity index (χ1) is 7.16. The van der Waals surface area contributed by atoms with Crippen molar-refractivity contribution in [2.45, 2.75) is 64.7 Å². The Morgan fingerprint density at radius 3 is 1.56 bits per heavy atom. The van der Waals surface area contributed by atoms with E-state index in [2.05, 4.69) is 25.5 Å². The fourth-order valence-electron chi connectivity index (χ4n) is 0.771. The van der Waals surface area contributed by atoms with Crippen LogP contribution in [0.4, 0.5) is 0 Å². The Balaban J connectivity index is 0. The normalized spacial score (nSPS) is 13.4. The molecule has 1 unspecified atom stereocenters. The molecule has 0 aliphatic rings. The minimum Gasteiger partial charge on any atom is -0.242 e. The first-order valence-corrected chi connectivity index (χ1v) is 6.50. The van der Waals surface area contributed by atoms with Crippen LogP contribution in [-0.4, -0.2) is 20.6 Å². The van der Waals surface area contributed by atoms with Crippen LogP contribution in [0.5, 0.6) is 0 Å². The topological polar surface area (TPSA) is 63.2 Å². The van der Waals surface area contributed by atoms with Crippen LogP contribution < -0.4 is 4.72 Å². The molecule has 0 bridgehead atoms. The number of hydrogen-bond acceptors (Lipinski definition) is 3. The van der Waals surface area contributed by atoms with E-state index in [1.165, 1.54) is 0 Å². The summed E-state index contributed by atoms with van der Waals surface area (Å²) in [7, 11) is -0.957. The molecule has 0 aromatic rings. The monoisotopic (exact) mass is 249 g/mol. The van der Waals surface area contributed by atoms with Crippen molar-refractivity contribution in [3.05, 3.63) is 0 Å². The third kappa shape index (κ3) is 7.74. The van der Waals surface area contributed by atoms with Crippen molar-refractivity contribution in [1.82, 2.24) is 4.72 Å². The molecule has 0 amide bonds. The molecule has 1 atom stereocenters. The van der Waals surface area contributed by atoms with Gasteiger partial charge in [0.05, 0.1) is 15.7 Å². The van der Waals surface area contributed by atoms with Crippen molar-refractivity contribution < 1.29 is 13.8 Å². The first kappa shape index (κ1) is 17.9. The van der Waals surface area contributed by atoms with Gasteiger partial charge >= 0.3 is 6.15 Å². The van der Waals surface area contributed by atoms with Crippen LogP contribution in [0.2, 0.25) is 0 Å². The van der Waals surface area contributed by atoms with Gasteiger partial charge in [-0.2, -0.15) is 9.59 Å².